The molecule has 1 aromatic rings. The van der Waals surface area contributed by atoms with Gasteiger partial charge in [0.15, 0.2) is 5.96 Å². The van der Waals surface area contributed by atoms with Crippen LogP contribution >= 0.6 is 24.0 Å². The summed E-state index contributed by atoms with van der Waals surface area (Å²) in [6, 6.07) is 10.9. The van der Waals surface area contributed by atoms with Crippen molar-refractivity contribution in [1.82, 2.24) is 20.0 Å². The van der Waals surface area contributed by atoms with Gasteiger partial charge in [0, 0.05) is 65.3 Å². The Morgan fingerprint density at radius 2 is 1.77 bits per heavy atom. The summed E-state index contributed by atoms with van der Waals surface area (Å²) in [5, 5.41) is 3.58. The summed E-state index contributed by atoms with van der Waals surface area (Å²) < 4.78 is 0. The lowest BCUT2D eigenvalue weighted by Crippen LogP contribution is -2.49. The van der Waals surface area contributed by atoms with E-state index in [0.717, 1.165) is 32.1 Å². The highest BCUT2D eigenvalue weighted by atomic mass is 127. The average Bonchev–Trinajstić information content (AvgIpc) is 3.16. The number of aliphatic imine (C=N–C) groups is 1. The van der Waals surface area contributed by atoms with Crippen LogP contribution in [-0.4, -0.2) is 86.6 Å². The minimum Gasteiger partial charge on any atom is -0.355 e. The van der Waals surface area contributed by atoms with Crippen LogP contribution in [0.2, 0.25) is 0 Å². The summed E-state index contributed by atoms with van der Waals surface area (Å²) in [5.74, 6) is 1.69. The second-order valence-electron chi connectivity index (χ2n) is 7.09. The largest absolute Gasteiger partial charge is 0.355 e. The fourth-order valence-electron chi connectivity index (χ4n) is 3.94. The summed E-state index contributed by atoms with van der Waals surface area (Å²) >= 11 is 0. The van der Waals surface area contributed by atoms with Gasteiger partial charge in [0.25, 0.3) is 0 Å². The molecule has 2 aliphatic rings. The highest BCUT2D eigenvalue weighted by molar-refractivity contribution is 14.0. The summed E-state index contributed by atoms with van der Waals surface area (Å²) in [6.45, 7) is 12.5. The Hall–Kier alpha value is -0.860. The van der Waals surface area contributed by atoms with Crippen molar-refractivity contribution in [1.29, 1.82) is 0 Å². The van der Waals surface area contributed by atoms with Gasteiger partial charge in [-0.2, -0.15) is 0 Å². The number of likely N-dealkylation sites (tertiary alicyclic amines) is 1. The standard InChI is InChI=1S/C20H33N5.HI/c1-3-23-13-15-24(16-14-23)12-10-22-20(21-2)25-11-9-19(17-25)18-7-5-4-6-8-18;/h4-8,19H,3,9-17H2,1-2H3,(H,21,22);1H. The first-order chi connectivity index (χ1) is 12.3. The van der Waals surface area contributed by atoms with E-state index in [-0.39, 0.29) is 24.0 Å². The lowest BCUT2D eigenvalue weighted by molar-refractivity contribution is 0.139. The lowest BCUT2D eigenvalue weighted by atomic mass is 9.99. The first kappa shape index (κ1) is 21.4. The average molecular weight is 471 g/mol. The fraction of sp³-hybridized carbons (Fsp3) is 0.650. The number of nitrogens with zero attached hydrogens (tertiary/aromatic N) is 4. The van der Waals surface area contributed by atoms with Crippen molar-refractivity contribution < 1.29 is 0 Å². The number of piperazine rings is 1. The van der Waals surface area contributed by atoms with E-state index in [0.29, 0.717) is 5.92 Å². The third-order valence-electron chi connectivity index (χ3n) is 5.59. The van der Waals surface area contributed by atoms with E-state index in [1.54, 1.807) is 0 Å². The molecular weight excluding hydrogens is 437 g/mol. The molecule has 0 aliphatic carbocycles. The normalized spacial score (nSPS) is 22.3. The Labute approximate surface area is 175 Å². The molecule has 26 heavy (non-hydrogen) atoms. The Morgan fingerprint density at radius 3 is 2.42 bits per heavy atom. The number of hydrogen-bond acceptors (Lipinski definition) is 3. The number of likely N-dealkylation sites (N-methyl/N-ethyl adjacent to an activating group) is 1. The van der Waals surface area contributed by atoms with Gasteiger partial charge in [0.2, 0.25) is 0 Å². The van der Waals surface area contributed by atoms with Crippen LogP contribution in [0.15, 0.2) is 35.3 Å². The molecule has 2 saturated heterocycles. The highest BCUT2D eigenvalue weighted by Gasteiger charge is 2.26. The molecule has 6 heteroatoms. The van der Waals surface area contributed by atoms with E-state index in [2.05, 4.69) is 62.3 Å². The van der Waals surface area contributed by atoms with Crippen molar-refractivity contribution in [2.75, 3.05) is 66.0 Å². The van der Waals surface area contributed by atoms with Crippen molar-refractivity contribution >= 4 is 29.9 Å². The third kappa shape index (κ3) is 5.82. The fourth-order valence-corrected chi connectivity index (χ4v) is 3.94. The second kappa shape index (κ2) is 11.1. The molecule has 1 atom stereocenters. The summed E-state index contributed by atoms with van der Waals surface area (Å²) in [4.78, 5) is 12.0. The van der Waals surface area contributed by atoms with Gasteiger partial charge in [-0.15, -0.1) is 24.0 Å². The van der Waals surface area contributed by atoms with Gasteiger partial charge in [-0.05, 0) is 18.5 Å². The SMILES string of the molecule is CCN1CCN(CCNC(=NC)N2CCC(c3ccccc3)C2)CC1.I. The Bertz CT molecular complexity index is 542. The molecule has 2 fully saturated rings. The molecule has 1 N–H and O–H groups in total. The third-order valence-corrected chi connectivity index (χ3v) is 5.59. The van der Waals surface area contributed by atoms with E-state index >= 15 is 0 Å². The molecule has 0 radical (unpaired) electrons. The molecule has 2 heterocycles. The predicted molar refractivity (Wildman–Crippen MR) is 121 cm³/mol. The van der Waals surface area contributed by atoms with Crippen molar-refractivity contribution in [2.45, 2.75) is 19.3 Å². The van der Waals surface area contributed by atoms with Crippen LogP contribution in [-0.2, 0) is 0 Å². The summed E-state index contributed by atoms with van der Waals surface area (Å²) in [6.07, 6.45) is 1.21. The van der Waals surface area contributed by atoms with Crippen molar-refractivity contribution in [3.05, 3.63) is 35.9 Å². The molecular formula is C20H34IN5. The quantitative estimate of drug-likeness (QED) is 0.406. The number of halogens is 1. The maximum absolute atomic E-state index is 4.51. The second-order valence-corrected chi connectivity index (χ2v) is 7.09. The van der Waals surface area contributed by atoms with E-state index in [1.807, 2.05) is 7.05 Å². The molecule has 3 rings (SSSR count). The Balaban J connectivity index is 0.00000243. The maximum atomic E-state index is 4.51. The van der Waals surface area contributed by atoms with Crippen molar-refractivity contribution in [3.63, 3.8) is 0 Å². The Kier molecular flexibility index (Phi) is 9.15. The van der Waals surface area contributed by atoms with E-state index in [9.17, 15) is 0 Å². The molecule has 0 bridgehead atoms. The summed E-state index contributed by atoms with van der Waals surface area (Å²) in [5.41, 5.74) is 1.45. The number of nitrogens with one attached hydrogen (secondary N) is 1. The number of hydrogen-bond donors (Lipinski definition) is 1. The minimum atomic E-state index is 0. The number of guanidine groups is 1. The zero-order valence-corrected chi connectivity index (χ0v) is 18.6. The van der Waals surface area contributed by atoms with Gasteiger partial charge in [0.1, 0.15) is 0 Å². The van der Waals surface area contributed by atoms with Crippen LogP contribution in [0.25, 0.3) is 0 Å². The zero-order chi connectivity index (χ0) is 17.5. The number of rotatable bonds is 5. The van der Waals surface area contributed by atoms with Crippen molar-refractivity contribution in [3.8, 4) is 0 Å². The van der Waals surface area contributed by atoms with Crippen LogP contribution in [0.3, 0.4) is 0 Å². The molecule has 0 aromatic heterocycles. The van der Waals surface area contributed by atoms with E-state index < -0.39 is 0 Å². The topological polar surface area (TPSA) is 34.1 Å². The van der Waals surface area contributed by atoms with Gasteiger partial charge < -0.3 is 15.1 Å². The molecule has 1 aromatic carbocycles. The maximum Gasteiger partial charge on any atom is 0.193 e. The van der Waals surface area contributed by atoms with Gasteiger partial charge in [-0.1, -0.05) is 37.3 Å². The smallest absolute Gasteiger partial charge is 0.193 e. The molecule has 146 valence electrons. The van der Waals surface area contributed by atoms with Crippen LogP contribution in [0, 0.1) is 0 Å². The summed E-state index contributed by atoms with van der Waals surface area (Å²) in [7, 11) is 1.90. The van der Waals surface area contributed by atoms with Gasteiger partial charge >= 0.3 is 0 Å². The van der Waals surface area contributed by atoms with Crippen LogP contribution in [0.1, 0.15) is 24.8 Å². The van der Waals surface area contributed by atoms with Crippen LogP contribution in [0.5, 0.6) is 0 Å². The lowest BCUT2D eigenvalue weighted by Gasteiger charge is -2.34. The minimum absolute atomic E-state index is 0. The van der Waals surface area contributed by atoms with Crippen molar-refractivity contribution in [2.24, 2.45) is 4.99 Å². The first-order valence-electron chi connectivity index (χ1n) is 9.75. The predicted octanol–water partition coefficient (Wildman–Crippen LogP) is 2.31. The molecule has 0 spiro atoms. The van der Waals surface area contributed by atoms with E-state index in [1.165, 1.54) is 44.7 Å². The molecule has 1 unspecified atom stereocenters. The van der Waals surface area contributed by atoms with Crippen LogP contribution in [0.4, 0.5) is 0 Å². The van der Waals surface area contributed by atoms with Crippen LogP contribution < -0.4 is 5.32 Å². The van der Waals surface area contributed by atoms with Gasteiger partial charge in [-0.25, -0.2) is 0 Å². The van der Waals surface area contributed by atoms with Gasteiger partial charge in [0.05, 0.1) is 0 Å². The highest BCUT2D eigenvalue weighted by Crippen LogP contribution is 2.26. The van der Waals surface area contributed by atoms with E-state index in [4.69, 9.17) is 0 Å². The van der Waals surface area contributed by atoms with Gasteiger partial charge in [-0.3, -0.25) is 9.89 Å². The molecule has 0 saturated carbocycles. The molecule has 2 aliphatic heterocycles. The Morgan fingerprint density at radius 1 is 1.08 bits per heavy atom. The zero-order valence-electron chi connectivity index (χ0n) is 16.2. The first-order valence-corrected chi connectivity index (χ1v) is 9.75. The molecule has 5 nitrogen and oxygen atoms in total. The monoisotopic (exact) mass is 471 g/mol. The number of benzene rings is 1. The molecule has 0 amide bonds.